The molecule has 1 aliphatic carbocycles. The summed E-state index contributed by atoms with van der Waals surface area (Å²) >= 11 is 0. The predicted octanol–water partition coefficient (Wildman–Crippen LogP) is 11.5. The molecule has 0 radical (unpaired) electrons. The second-order valence-corrected chi connectivity index (χ2v) is 14.5. The number of hydrogen-bond donors (Lipinski definition) is 0. The Morgan fingerprint density at radius 3 is 2.26 bits per heavy atom. The lowest BCUT2D eigenvalue weighted by Crippen LogP contribution is -2.12. The molecule has 50 heavy (non-hydrogen) atoms. The molecule has 4 heterocycles. The van der Waals surface area contributed by atoms with Crippen LogP contribution >= 0.6 is 0 Å². The lowest BCUT2D eigenvalue weighted by molar-refractivity contribution is 0.484. The maximum absolute atomic E-state index is 6.63. The number of aryl methyl sites for hydroxylation is 3. The summed E-state index contributed by atoms with van der Waals surface area (Å²) < 4.78 is 11.1. The van der Waals surface area contributed by atoms with Crippen LogP contribution in [0.15, 0.2) is 104 Å². The van der Waals surface area contributed by atoms with E-state index in [0.29, 0.717) is 0 Å². The number of ether oxygens (including phenoxy) is 1. The Morgan fingerprint density at radius 1 is 0.700 bits per heavy atom. The van der Waals surface area contributed by atoms with Crippen molar-refractivity contribution in [2.75, 3.05) is 0 Å². The van der Waals surface area contributed by atoms with Crippen LogP contribution < -0.4 is 4.74 Å². The van der Waals surface area contributed by atoms with Crippen LogP contribution in [-0.2, 0) is 5.41 Å². The molecule has 4 aromatic carbocycles. The normalized spacial score (nSPS) is 12.7. The van der Waals surface area contributed by atoms with Crippen LogP contribution in [-0.4, -0.2) is 18.9 Å². The van der Waals surface area contributed by atoms with E-state index in [1.54, 1.807) is 0 Å². The number of imidazole rings is 1. The van der Waals surface area contributed by atoms with Crippen molar-refractivity contribution in [3.05, 3.63) is 143 Å². The highest BCUT2D eigenvalue weighted by molar-refractivity contribution is 6.12. The minimum absolute atomic E-state index is 0.00163. The molecule has 0 fully saturated rings. The van der Waals surface area contributed by atoms with E-state index in [1.807, 2.05) is 24.5 Å². The van der Waals surface area contributed by atoms with Gasteiger partial charge in [-0.15, -0.1) is 0 Å². The van der Waals surface area contributed by atoms with Crippen LogP contribution in [0.5, 0.6) is 11.5 Å². The fourth-order valence-corrected chi connectivity index (χ4v) is 7.79. The Bertz CT molecular complexity index is 2730. The van der Waals surface area contributed by atoms with Crippen molar-refractivity contribution in [1.29, 1.82) is 0 Å². The molecule has 0 N–H and O–H groups in total. The van der Waals surface area contributed by atoms with E-state index in [0.717, 1.165) is 61.4 Å². The van der Waals surface area contributed by atoms with Gasteiger partial charge in [0.05, 0.1) is 22.5 Å². The fourth-order valence-electron chi connectivity index (χ4n) is 7.79. The van der Waals surface area contributed by atoms with E-state index in [1.165, 1.54) is 38.8 Å². The number of nitrogens with zero attached hydrogens (tertiary/aromatic N) is 4. The van der Waals surface area contributed by atoms with Crippen molar-refractivity contribution >= 4 is 50.4 Å². The monoisotopic (exact) mass is 649 g/mol. The minimum atomic E-state index is 0.00163. The van der Waals surface area contributed by atoms with Gasteiger partial charge in [0.1, 0.15) is 40.7 Å². The minimum Gasteiger partial charge on any atom is -0.457 e. The number of benzene rings is 4. The van der Waals surface area contributed by atoms with Gasteiger partial charge in [0.25, 0.3) is 0 Å². The summed E-state index contributed by atoms with van der Waals surface area (Å²) in [5, 5.41) is 4.50. The molecule has 0 saturated carbocycles. The Morgan fingerprint density at radius 2 is 1.46 bits per heavy atom. The quantitative estimate of drug-likeness (QED) is 0.141. The maximum Gasteiger partial charge on any atom is 0.169 e. The average Bonchev–Trinajstić information content (AvgIpc) is 3.71. The predicted molar refractivity (Wildman–Crippen MR) is 206 cm³/mol. The Kier molecular flexibility index (Phi) is 6.61. The van der Waals surface area contributed by atoms with Crippen LogP contribution in [0.2, 0.25) is 0 Å². The van der Waals surface area contributed by atoms with E-state index >= 15 is 0 Å². The number of allylic oxidation sites excluding steroid dienone is 2. The summed E-state index contributed by atoms with van der Waals surface area (Å²) in [6.07, 6.45) is 15.2. The first kappa shape index (κ1) is 30.1. The third kappa shape index (κ3) is 4.74. The zero-order valence-electron chi connectivity index (χ0n) is 29.2. The molecule has 9 rings (SSSR count). The third-order valence-corrected chi connectivity index (χ3v) is 10.0. The molecule has 0 saturated heterocycles. The van der Waals surface area contributed by atoms with Gasteiger partial charge in [0.15, 0.2) is 5.69 Å². The van der Waals surface area contributed by atoms with Gasteiger partial charge < -0.3 is 4.74 Å². The van der Waals surface area contributed by atoms with Gasteiger partial charge >= 0.3 is 0 Å². The molecule has 8 aromatic rings. The number of aromatic nitrogens is 4. The zero-order valence-corrected chi connectivity index (χ0v) is 29.2. The summed E-state index contributed by atoms with van der Waals surface area (Å²) in [6.45, 7) is 13.2. The van der Waals surface area contributed by atoms with Gasteiger partial charge in [-0.05, 0) is 108 Å². The molecular weight excluding hydrogens is 613 g/mol. The van der Waals surface area contributed by atoms with Crippen molar-refractivity contribution in [2.24, 2.45) is 0 Å². The Balaban J connectivity index is 1.15. The second-order valence-electron chi connectivity index (χ2n) is 14.5. The first-order valence-corrected chi connectivity index (χ1v) is 17.1. The van der Waals surface area contributed by atoms with Crippen LogP contribution in [0.3, 0.4) is 0 Å². The highest BCUT2D eigenvalue weighted by Gasteiger charge is 2.25. The molecular formula is C45H37N4O+. The molecule has 5 heteroatoms. The summed E-state index contributed by atoms with van der Waals surface area (Å²) in [4.78, 5) is 9.65. The lowest BCUT2D eigenvalue weighted by Gasteiger charge is -2.19. The lowest BCUT2D eigenvalue weighted by atomic mass is 9.88. The first-order valence-electron chi connectivity index (χ1n) is 17.1. The van der Waals surface area contributed by atoms with E-state index in [4.69, 9.17) is 14.7 Å². The van der Waals surface area contributed by atoms with Crippen molar-refractivity contribution in [2.45, 2.75) is 47.0 Å². The van der Waals surface area contributed by atoms with Gasteiger partial charge in [0.2, 0.25) is 0 Å². The molecule has 1 aliphatic rings. The molecule has 0 atom stereocenters. The van der Waals surface area contributed by atoms with Crippen LogP contribution in [0.1, 0.15) is 54.3 Å². The van der Waals surface area contributed by atoms with Gasteiger partial charge in [-0.25, -0.2) is 9.97 Å². The largest absolute Gasteiger partial charge is 0.457 e. The highest BCUT2D eigenvalue weighted by Crippen LogP contribution is 2.39. The fraction of sp³-hybridized carbons (Fsp3) is 0.156. The number of pyridine rings is 2. The van der Waals surface area contributed by atoms with Gasteiger partial charge in [-0.1, -0.05) is 50.6 Å². The first-order chi connectivity index (χ1) is 24.1. The van der Waals surface area contributed by atoms with Gasteiger partial charge in [-0.3, -0.25) is 8.97 Å². The van der Waals surface area contributed by atoms with E-state index in [9.17, 15) is 0 Å². The maximum atomic E-state index is 6.63. The van der Waals surface area contributed by atoms with Gasteiger partial charge in [-0.2, -0.15) is 0 Å². The van der Waals surface area contributed by atoms with E-state index < -0.39 is 0 Å². The standard InChI is InChI=1S/C45H37N4O/c1-27-21-28(2)43(29(3)22-27)30-11-14-36-34-15-12-32(25-38(34)44-47-19-20-48(44)40(36)23-30)50-33-13-16-37-35-9-7-8-10-39(35)49(41(37)26-33)42-24-31(17-18-46-42)45(4,5)6/h8-26H,1-6H3/q+1. The van der Waals surface area contributed by atoms with Crippen molar-refractivity contribution in [3.63, 3.8) is 0 Å². The highest BCUT2D eigenvalue weighted by atomic mass is 16.5. The van der Waals surface area contributed by atoms with Crippen LogP contribution in [0, 0.1) is 26.8 Å². The zero-order chi connectivity index (χ0) is 34.3. The van der Waals surface area contributed by atoms with E-state index in [2.05, 4.69) is 148 Å². The molecule has 4 aromatic heterocycles. The second kappa shape index (κ2) is 11.0. The Hall–Kier alpha value is -6.03. The molecule has 0 unspecified atom stereocenters. The topological polar surface area (TPSA) is 44.3 Å². The van der Waals surface area contributed by atoms with Crippen LogP contribution in [0.25, 0.3) is 67.3 Å². The number of hydrogen-bond acceptors (Lipinski definition) is 3. The Labute approximate surface area is 291 Å². The third-order valence-electron chi connectivity index (χ3n) is 10.0. The summed E-state index contributed by atoms with van der Waals surface area (Å²) in [5.74, 6) is 2.40. The van der Waals surface area contributed by atoms with Gasteiger partial charge in [0, 0.05) is 41.5 Å². The molecule has 242 valence electrons. The number of rotatable bonds is 4. The van der Waals surface area contributed by atoms with Crippen molar-refractivity contribution < 1.29 is 4.74 Å². The SMILES string of the molecule is Cc1cc(C)c(-c2ccc3c4ccc(Oc5ccc6c7c(n(-c8cc(C(C)(C)C)ccn8)c6c5)C=C[C+]=C7)cc4c4nccn4c3c2)c(C)c1. The molecule has 0 spiro atoms. The number of fused-ring (bicyclic) bond motifs is 9. The van der Waals surface area contributed by atoms with Crippen molar-refractivity contribution in [3.8, 4) is 28.4 Å². The molecule has 0 aliphatic heterocycles. The smallest absolute Gasteiger partial charge is 0.169 e. The summed E-state index contributed by atoms with van der Waals surface area (Å²) in [7, 11) is 0. The molecule has 0 amide bonds. The average molecular weight is 650 g/mol. The molecule has 5 nitrogen and oxygen atoms in total. The summed E-state index contributed by atoms with van der Waals surface area (Å²) in [5.41, 5.74) is 12.9. The van der Waals surface area contributed by atoms with Crippen LogP contribution in [0.4, 0.5) is 0 Å². The summed E-state index contributed by atoms with van der Waals surface area (Å²) in [6, 6.07) is 28.3. The van der Waals surface area contributed by atoms with Crippen molar-refractivity contribution in [1.82, 2.24) is 18.9 Å². The van der Waals surface area contributed by atoms with E-state index in [-0.39, 0.29) is 5.41 Å². The molecule has 0 bridgehead atoms.